The third-order valence-corrected chi connectivity index (χ3v) is 3.88. The SMILES string of the molecule is CCc1nnc(C)cc1C(CC1CCC1)NC. The molecule has 0 radical (unpaired) electrons. The van der Waals surface area contributed by atoms with Crippen LogP contribution in [0.15, 0.2) is 6.07 Å². The quantitative estimate of drug-likeness (QED) is 0.849. The second-order valence-corrected chi connectivity index (χ2v) is 5.12. The minimum Gasteiger partial charge on any atom is -0.313 e. The minimum absolute atomic E-state index is 0.449. The number of rotatable bonds is 5. The third kappa shape index (κ3) is 2.83. The topological polar surface area (TPSA) is 37.8 Å². The number of nitrogens with one attached hydrogen (secondary N) is 1. The molecule has 17 heavy (non-hydrogen) atoms. The lowest BCUT2D eigenvalue weighted by molar-refractivity contribution is 0.265. The Morgan fingerprint density at radius 2 is 2.18 bits per heavy atom. The molecule has 1 fully saturated rings. The van der Waals surface area contributed by atoms with Crippen LogP contribution in [0.25, 0.3) is 0 Å². The molecule has 3 heteroatoms. The highest BCUT2D eigenvalue weighted by atomic mass is 15.1. The maximum Gasteiger partial charge on any atom is 0.0676 e. The van der Waals surface area contributed by atoms with Crippen LogP contribution in [0.4, 0.5) is 0 Å². The van der Waals surface area contributed by atoms with Crippen LogP contribution >= 0.6 is 0 Å². The van der Waals surface area contributed by atoms with Crippen molar-refractivity contribution in [3.8, 4) is 0 Å². The predicted molar refractivity (Wildman–Crippen MR) is 69.9 cm³/mol. The largest absolute Gasteiger partial charge is 0.313 e. The van der Waals surface area contributed by atoms with Gasteiger partial charge in [-0.1, -0.05) is 26.2 Å². The van der Waals surface area contributed by atoms with Crippen molar-refractivity contribution in [2.75, 3.05) is 7.05 Å². The van der Waals surface area contributed by atoms with Crippen LogP contribution < -0.4 is 5.32 Å². The predicted octanol–water partition coefficient (Wildman–Crippen LogP) is 2.80. The van der Waals surface area contributed by atoms with Gasteiger partial charge in [-0.25, -0.2) is 0 Å². The van der Waals surface area contributed by atoms with Crippen LogP contribution in [0.3, 0.4) is 0 Å². The lowest BCUT2D eigenvalue weighted by Gasteiger charge is -2.30. The molecule has 1 N–H and O–H groups in total. The molecule has 1 aliphatic rings. The molecule has 0 aromatic carbocycles. The van der Waals surface area contributed by atoms with Gasteiger partial charge in [0, 0.05) is 6.04 Å². The fraction of sp³-hybridized carbons (Fsp3) is 0.714. The average Bonchev–Trinajstić information content (AvgIpc) is 2.28. The zero-order valence-electron chi connectivity index (χ0n) is 11.2. The molecule has 0 amide bonds. The first-order valence-electron chi connectivity index (χ1n) is 6.75. The molecule has 1 heterocycles. The standard InChI is InChI=1S/C14H23N3/c1-4-13-12(8-10(2)16-17-13)14(15-3)9-11-6-5-7-11/h8,11,14-15H,4-7,9H2,1-3H3. The van der Waals surface area contributed by atoms with Crippen LogP contribution in [-0.2, 0) is 6.42 Å². The summed E-state index contributed by atoms with van der Waals surface area (Å²) in [5.74, 6) is 0.908. The fourth-order valence-electron chi connectivity index (χ4n) is 2.57. The highest BCUT2D eigenvalue weighted by molar-refractivity contribution is 5.25. The van der Waals surface area contributed by atoms with Gasteiger partial charge >= 0.3 is 0 Å². The molecule has 1 aliphatic carbocycles. The van der Waals surface area contributed by atoms with E-state index >= 15 is 0 Å². The lowest BCUT2D eigenvalue weighted by atomic mass is 9.79. The zero-order chi connectivity index (χ0) is 12.3. The number of hydrogen-bond acceptors (Lipinski definition) is 3. The number of aromatic nitrogens is 2. The van der Waals surface area contributed by atoms with Crippen molar-refractivity contribution in [2.24, 2.45) is 5.92 Å². The van der Waals surface area contributed by atoms with Gasteiger partial charge < -0.3 is 5.32 Å². The van der Waals surface area contributed by atoms with Crippen LogP contribution in [0.1, 0.15) is 55.6 Å². The Morgan fingerprint density at radius 1 is 1.41 bits per heavy atom. The molecule has 1 aromatic rings. The van der Waals surface area contributed by atoms with E-state index in [0.717, 1.165) is 23.7 Å². The molecule has 1 unspecified atom stereocenters. The van der Waals surface area contributed by atoms with Gasteiger partial charge in [-0.15, -0.1) is 0 Å². The second-order valence-electron chi connectivity index (χ2n) is 5.12. The van der Waals surface area contributed by atoms with Crippen molar-refractivity contribution in [1.82, 2.24) is 15.5 Å². The van der Waals surface area contributed by atoms with Gasteiger partial charge in [0.2, 0.25) is 0 Å². The zero-order valence-corrected chi connectivity index (χ0v) is 11.2. The molecule has 2 rings (SSSR count). The first-order valence-corrected chi connectivity index (χ1v) is 6.75. The second kappa shape index (κ2) is 5.58. The Hall–Kier alpha value is -0.960. The smallest absolute Gasteiger partial charge is 0.0676 e. The van der Waals surface area contributed by atoms with E-state index in [4.69, 9.17) is 0 Å². The summed E-state index contributed by atoms with van der Waals surface area (Å²) in [4.78, 5) is 0. The lowest BCUT2D eigenvalue weighted by Crippen LogP contribution is -2.24. The van der Waals surface area contributed by atoms with Gasteiger partial charge in [-0.05, 0) is 44.4 Å². The van der Waals surface area contributed by atoms with E-state index in [2.05, 4.69) is 35.6 Å². The van der Waals surface area contributed by atoms with Crippen LogP contribution in [0, 0.1) is 12.8 Å². The van der Waals surface area contributed by atoms with Crippen molar-refractivity contribution >= 4 is 0 Å². The van der Waals surface area contributed by atoms with Crippen molar-refractivity contribution in [3.05, 3.63) is 23.0 Å². The van der Waals surface area contributed by atoms with Crippen LogP contribution in [0.2, 0.25) is 0 Å². The highest BCUT2D eigenvalue weighted by Gasteiger charge is 2.24. The van der Waals surface area contributed by atoms with Crippen molar-refractivity contribution in [3.63, 3.8) is 0 Å². The van der Waals surface area contributed by atoms with Gasteiger partial charge in [0.1, 0.15) is 0 Å². The van der Waals surface area contributed by atoms with E-state index in [1.54, 1.807) is 0 Å². The molecule has 94 valence electrons. The maximum absolute atomic E-state index is 4.33. The first-order chi connectivity index (χ1) is 8.24. The Bertz CT molecular complexity index is 372. The summed E-state index contributed by atoms with van der Waals surface area (Å²) in [6, 6.07) is 2.65. The van der Waals surface area contributed by atoms with Crippen LogP contribution in [-0.4, -0.2) is 17.2 Å². The Balaban J connectivity index is 2.18. The number of aryl methyl sites for hydroxylation is 2. The summed E-state index contributed by atoms with van der Waals surface area (Å²) in [6.07, 6.45) is 6.42. The Morgan fingerprint density at radius 3 is 2.71 bits per heavy atom. The van der Waals surface area contributed by atoms with E-state index in [1.165, 1.54) is 31.2 Å². The molecular formula is C14H23N3. The monoisotopic (exact) mass is 233 g/mol. The van der Waals surface area contributed by atoms with Gasteiger partial charge in [0.25, 0.3) is 0 Å². The Labute approximate surface area is 104 Å². The van der Waals surface area contributed by atoms with Crippen molar-refractivity contribution < 1.29 is 0 Å². The normalized spacial score (nSPS) is 17.8. The van der Waals surface area contributed by atoms with Gasteiger partial charge in [0.15, 0.2) is 0 Å². The van der Waals surface area contributed by atoms with Gasteiger partial charge in [-0.3, -0.25) is 0 Å². The number of hydrogen-bond donors (Lipinski definition) is 1. The highest BCUT2D eigenvalue weighted by Crippen LogP contribution is 2.35. The van der Waals surface area contributed by atoms with E-state index in [0.29, 0.717) is 6.04 Å². The molecule has 1 aromatic heterocycles. The van der Waals surface area contributed by atoms with E-state index in [1.807, 2.05) is 6.92 Å². The minimum atomic E-state index is 0.449. The van der Waals surface area contributed by atoms with Crippen molar-refractivity contribution in [1.29, 1.82) is 0 Å². The molecule has 1 saturated carbocycles. The first kappa shape index (κ1) is 12.5. The molecule has 0 saturated heterocycles. The Kier molecular flexibility index (Phi) is 4.11. The summed E-state index contributed by atoms with van der Waals surface area (Å²) < 4.78 is 0. The summed E-state index contributed by atoms with van der Waals surface area (Å²) in [6.45, 7) is 4.17. The van der Waals surface area contributed by atoms with Gasteiger partial charge in [-0.2, -0.15) is 10.2 Å². The molecule has 3 nitrogen and oxygen atoms in total. The summed E-state index contributed by atoms with van der Waals surface area (Å²) >= 11 is 0. The van der Waals surface area contributed by atoms with Crippen LogP contribution in [0.5, 0.6) is 0 Å². The summed E-state index contributed by atoms with van der Waals surface area (Å²) in [7, 11) is 2.05. The maximum atomic E-state index is 4.33. The molecule has 0 spiro atoms. The van der Waals surface area contributed by atoms with E-state index in [-0.39, 0.29) is 0 Å². The van der Waals surface area contributed by atoms with E-state index < -0.39 is 0 Å². The summed E-state index contributed by atoms with van der Waals surface area (Å²) in [5.41, 5.74) is 3.52. The molecule has 0 aliphatic heterocycles. The summed E-state index contributed by atoms with van der Waals surface area (Å²) in [5, 5.41) is 11.9. The molecule has 0 bridgehead atoms. The van der Waals surface area contributed by atoms with E-state index in [9.17, 15) is 0 Å². The molecule has 1 atom stereocenters. The van der Waals surface area contributed by atoms with Gasteiger partial charge in [0.05, 0.1) is 11.4 Å². The third-order valence-electron chi connectivity index (χ3n) is 3.88. The fourth-order valence-corrected chi connectivity index (χ4v) is 2.57. The van der Waals surface area contributed by atoms with Crippen molar-refractivity contribution in [2.45, 2.75) is 52.0 Å². The number of nitrogens with zero attached hydrogens (tertiary/aromatic N) is 2. The average molecular weight is 233 g/mol. The molecular weight excluding hydrogens is 210 g/mol.